The van der Waals surface area contributed by atoms with Crippen LogP contribution in [0.5, 0.6) is 0 Å². The van der Waals surface area contributed by atoms with E-state index in [0.717, 1.165) is 22.6 Å². The molecule has 2 heterocycles. The zero-order chi connectivity index (χ0) is 14.7. The van der Waals surface area contributed by atoms with Gasteiger partial charge in [0.1, 0.15) is 17.2 Å². The quantitative estimate of drug-likeness (QED) is 0.783. The van der Waals surface area contributed by atoms with Gasteiger partial charge >= 0.3 is 0 Å². The summed E-state index contributed by atoms with van der Waals surface area (Å²) in [4.78, 5) is 8.95. The highest BCUT2D eigenvalue weighted by Crippen LogP contribution is 2.17. The van der Waals surface area contributed by atoms with Gasteiger partial charge in [-0.15, -0.1) is 0 Å². The summed E-state index contributed by atoms with van der Waals surface area (Å²) in [5, 5.41) is 9.05. The predicted molar refractivity (Wildman–Crippen MR) is 78.4 cm³/mol. The molecular formula is C16H16FN3O. The van der Waals surface area contributed by atoms with Gasteiger partial charge in [0.2, 0.25) is 0 Å². The maximum atomic E-state index is 13.3. The van der Waals surface area contributed by atoms with E-state index in [0.29, 0.717) is 19.4 Å². The van der Waals surface area contributed by atoms with E-state index in [-0.39, 0.29) is 12.4 Å². The number of pyridine rings is 1. The van der Waals surface area contributed by atoms with Crippen molar-refractivity contribution in [1.82, 2.24) is 14.5 Å². The highest BCUT2D eigenvalue weighted by molar-refractivity contribution is 5.71. The van der Waals surface area contributed by atoms with Crippen molar-refractivity contribution in [3.8, 4) is 0 Å². The van der Waals surface area contributed by atoms with E-state index in [1.807, 2.05) is 22.8 Å². The van der Waals surface area contributed by atoms with Gasteiger partial charge in [0, 0.05) is 25.8 Å². The zero-order valence-corrected chi connectivity index (χ0v) is 11.5. The lowest BCUT2D eigenvalue weighted by Gasteiger charge is -2.07. The topological polar surface area (TPSA) is 50.9 Å². The number of benzene rings is 1. The number of fused-ring (bicyclic) bond motifs is 1. The van der Waals surface area contributed by atoms with Crippen LogP contribution in [0.2, 0.25) is 0 Å². The third-order valence-electron chi connectivity index (χ3n) is 3.37. The molecule has 0 aliphatic rings. The maximum Gasteiger partial charge on any atom is 0.159 e. The largest absolute Gasteiger partial charge is 0.396 e. The molecule has 5 heteroatoms. The summed E-state index contributed by atoms with van der Waals surface area (Å²) in [6.45, 7) is 0.764. The fourth-order valence-corrected chi connectivity index (χ4v) is 2.43. The molecule has 1 aromatic carbocycles. The SMILES string of the molecule is OCCCn1c(Cc2cccc(F)c2)nc2cccnc21. The molecule has 3 aromatic rings. The van der Waals surface area contributed by atoms with Gasteiger partial charge in [0.15, 0.2) is 5.65 Å². The second-order valence-electron chi connectivity index (χ2n) is 4.91. The van der Waals surface area contributed by atoms with E-state index in [1.165, 1.54) is 12.1 Å². The summed E-state index contributed by atoms with van der Waals surface area (Å²) in [5.74, 6) is 0.589. The lowest BCUT2D eigenvalue weighted by atomic mass is 10.1. The number of hydrogen-bond acceptors (Lipinski definition) is 3. The highest BCUT2D eigenvalue weighted by atomic mass is 19.1. The van der Waals surface area contributed by atoms with Crippen LogP contribution >= 0.6 is 0 Å². The van der Waals surface area contributed by atoms with E-state index >= 15 is 0 Å². The molecule has 0 aliphatic carbocycles. The minimum atomic E-state index is -0.247. The summed E-state index contributed by atoms with van der Waals surface area (Å²) in [7, 11) is 0. The molecule has 0 saturated heterocycles. The fraction of sp³-hybridized carbons (Fsp3) is 0.250. The third-order valence-corrected chi connectivity index (χ3v) is 3.37. The van der Waals surface area contributed by atoms with E-state index in [4.69, 9.17) is 5.11 Å². The Labute approximate surface area is 121 Å². The van der Waals surface area contributed by atoms with Crippen molar-refractivity contribution in [3.63, 3.8) is 0 Å². The molecule has 0 amide bonds. The molecule has 0 saturated carbocycles. The van der Waals surface area contributed by atoms with Crippen molar-refractivity contribution < 1.29 is 9.50 Å². The number of hydrogen-bond donors (Lipinski definition) is 1. The van der Waals surface area contributed by atoms with Gasteiger partial charge in [-0.05, 0) is 36.2 Å². The Morgan fingerprint density at radius 1 is 1.19 bits per heavy atom. The van der Waals surface area contributed by atoms with Crippen LogP contribution < -0.4 is 0 Å². The first-order valence-corrected chi connectivity index (χ1v) is 6.93. The lowest BCUT2D eigenvalue weighted by molar-refractivity contribution is 0.280. The Hall–Kier alpha value is -2.27. The molecule has 4 nitrogen and oxygen atoms in total. The first-order chi connectivity index (χ1) is 10.3. The van der Waals surface area contributed by atoms with Crippen LogP contribution in [0.25, 0.3) is 11.2 Å². The van der Waals surface area contributed by atoms with Crippen LogP contribution in [-0.4, -0.2) is 26.2 Å². The molecule has 1 N–H and O–H groups in total. The van der Waals surface area contributed by atoms with Crippen molar-refractivity contribution in [3.05, 3.63) is 59.8 Å². The minimum absolute atomic E-state index is 0.117. The molecule has 0 atom stereocenters. The van der Waals surface area contributed by atoms with Crippen molar-refractivity contribution in [2.24, 2.45) is 0 Å². The molecule has 0 unspecified atom stereocenters. The molecule has 0 fully saturated rings. The molecule has 21 heavy (non-hydrogen) atoms. The Morgan fingerprint density at radius 3 is 2.90 bits per heavy atom. The molecule has 0 radical (unpaired) electrons. The van der Waals surface area contributed by atoms with E-state index in [2.05, 4.69) is 9.97 Å². The Balaban J connectivity index is 2.00. The van der Waals surface area contributed by atoms with Crippen LogP contribution in [0.4, 0.5) is 4.39 Å². The number of rotatable bonds is 5. The molecule has 0 bridgehead atoms. The molecule has 2 aromatic heterocycles. The lowest BCUT2D eigenvalue weighted by Crippen LogP contribution is -2.07. The number of nitrogens with zero attached hydrogens (tertiary/aromatic N) is 3. The summed E-state index contributed by atoms with van der Waals surface area (Å²) >= 11 is 0. The van der Waals surface area contributed by atoms with Crippen LogP contribution in [-0.2, 0) is 13.0 Å². The van der Waals surface area contributed by atoms with Crippen LogP contribution in [0.1, 0.15) is 17.8 Å². The molecule has 108 valence electrons. The van der Waals surface area contributed by atoms with Crippen molar-refractivity contribution in [2.45, 2.75) is 19.4 Å². The number of aliphatic hydroxyl groups excluding tert-OH is 1. The van der Waals surface area contributed by atoms with Gasteiger partial charge < -0.3 is 9.67 Å². The smallest absolute Gasteiger partial charge is 0.159 e. The Morgan fingerprint density at radius 2 is 2.10 bits per heavy atom. The summed E-state index contributed by atoms with van der Waals surface area (Å²) in [5.41, 5.74) is 2.50. The Bertz CT molecular complexity index is 754. The Kier molecular flexibility index (Phi) is 3.92. The van der Waals surface area contributed by atoms with Gasteiger partial charge in [0.25, 0.3) is 0 Å². The maximum absolute atomic E-state index is 13.3. The zero-order valence-electron chi connectivity index (χ0n) is 11.5. The molecule has 3 rings (SSSR count). The highest BCUT2D eigenvalue weighted by Gasteiger charge is 2.12. The van der Waals surface area contributed by atoms with E-state index in [1.54, 1.807) is 12.3 Å². The van der Waals surface area contributed by atoms with E-state index in [9.17, 15) is 4.39 Å². The van der Waals surface area contributed by atoms with Crippen LogP contribution in [0, 0.1) is 5.82 Å². The number of halogens is 1. The third kappa shape index (κ3) is 2.92. The van der Waals surface area contributed by atoms with Crippen molar-refractivity contribution in [2.75, 3.05) is 6.61 Å². The van der Waals surface area contributed by atoms with E-state index < -0.39 is 0 Å². The standard InChI is InChI=1S/C16H16FN3O/c17-13-5-1-4-12(10-13)11-15-19-14-6-2-7-18-16(14)20(15)8-3-9-21/h1-2,4-7,10,21H,3,8-9,11H2. The first-order valence-electron chi connectivity index (χ1n) is 6.93. The van der Waals surface area contributed by atoms with Gasteiger partial charge in [-0.3, -0.25) is 0 Å². The van der Waals surface area contributed by atoms with Crippen molar-refractivity contribution in [1.29, 1.82) is 0 Å². The first kappa shape index (κ1) is 13.7. The summed E-state index contributed by atoms with van der Waals surface area (Å²) in [6.07, 6.45) is 2.91. The second kappa shape index (κ2) is 6.01. The average Bonchev–Trinajstić information content (AvgIpc) is 2.82. The summed E-state index contributed by atoms with van der Waals surface area (Å²) in [6, 6.07) is 10.3. The van der Waals surface area contributed by atoms with Crippen LogP contribution in [0.3, 0.4) is 0 Å². The van der Waals surface area contributed by atoms with Gasteiger partial charge in [-0.2, -0.15) is 0 Å². The number of aliphatic hydroxyl groups is 1. The normalized spacial score (nSPS) is 11.1. The second-order valence-corrected chi connectivity index (χ2v) is 4.91. The molecule has 0 spiro atoms. The summed E-state index contributed by atoms with van der Waals surface area (Å²) < 4.78 is 15.3. The average molecular weight is 285 g/mol. The number of aromatic nitrogens is 3. The predicted octanol–water partition coefficient (Wildman–Crippen LogP) is 2.54. The van der Waals surface area contributed by atoms with Crippen LogP contribution in [0.15, 0.2) is 42.6 Å². The van der Waals surface area contributed by atoms with Crippen molar-refractivity contribution >= 4 is 11.2 Å². The van der Waals surface area contributed by atoms with Gasteiger partial charge in [-0.1, -0.05) is 12.1 Å². The minimum Gasteiger partial charge on any atom is -0.396 e. The molecule has 0 aliphatic heterocycles. The van der Waals surface area contributed by atoms with Gasteiger partial charge in [-0.25, -0.2) is 14.4 Å². The number of imidazole rings is 1. The molecular weight excluding hydrogens is 269 g/mol. The van der Waals surface area contributed by atoms with Gasteiger partial charge in [0.05, 0.1) is 0 Å². The number of aryl methyl sites for hydroxylation is 1. The fourth-order valence-electron chi connectivity index (χ4n) is 2.43. The monoisotopic (exact) mass is 285 g/mol.